The number of rotatable bonds is 4. The number of halogens is 3. The third kappa shape index (κ3) is 4.74. The van der Waals surface area contributed by atoms with Crippen molar-refractivity contribution in [1.82, 2.24) is 9.88 Å². The summed E-state index contributed by atoms with van der Waals surface area (Å²) in [6.45, 7) is 4.67. The normalized spacial score (nSPS) is 15.3. The number of nitrogens with zero attached hydrogens (tertiary/aromatic N) is 3. The number of alkyl halides is 3. The van der Waals surface area contributed by atoms with Gasteiger partial charge in [0.15, 0.2) is 0 Å². The number of carbonyl (C=O) groups is 1. The van der Waals surface area contributed by atoms with Gasteiger partial charge in [0.1, 0.15) is 11.6 Å². The minimum Gasteiger partial charge on any atom is -0.494 e. The minimum atomic E-state index is -4.40. The second-order valence-corrected chi connectivity index (χ2v) is 6.49. The van der Waals surface area contributed by atoms with Gasteiger partial charge in [0, 0.05) is 37.9 Å². The van der Waals surface area contributed by atoms with Crippen molar-refractivity contribution < 1.29 is 22.7 Å². The molecule has 1 aliphatic heterocycles. The van der Waals surface area contributed by atoms with Crippen LogP contribution in [0.2, 0.25) is 0 Å². The number of amides is 1. The highest BCUT2D eigenvalue weighted by molar-refractivity contribution is 5.94. The van der Waals surface area contributed by atoms with E-state index in [-0.39, 0.29) is 5.91 Å². The van der Waals surface area contributed by atoms with Crippen LogP contribution in [0.4, 0.5) is 19.0 Å². The van der Waals surface area contributed by atoms with Gasteiger partial charge in [-0.05, 0) is 49.7 Å². The van der Waals surface area contributed by atoms with E-state index in [4.69, 9.17) is 4.74 Å². The standard InChI is InChI=1S/C20H22F3N3O2/c1-2-28-17-7-4-15(5-8-17)19(27)26-11-3-10-25(12-13-26)18-9-6-16(14-24-18)20(21,22)23/h4-9,14H,2-3,10-13H2,1H3. The van der Waals surface area contributed by atoms with Crippen LogP contribution in [-0.4, -0.2) is 48.6 Å². The fraction of sp³-hybridized carbons (Fsp3) is 0.400. The summed E-state index contributed by atoms with van der Waals surface area (Å²) in [6.07, 6.45) is -2.83. The SMILES string of the molecule is CCOc1ccc(C(=O)N2CCCN(c3ccc(C(F)(F)F)cn3)CC2)cc1. The summed E-state index contributed by atoms with van der Waals surface area (Å²) < 4.78 is 43.5. The molecule has 2 heterocycles. The highest BCUT2D eigenvalue weighted by atomic mass is 19.4. The number of anilines is 1. The van der Waals surface area contributed by atoms with E-state index in [1.165, 1.54) is 6.07 Å². The molecule has 0 spiro atoms. The molecular formula is C20H22F3N3O2. The maximum absolute atomic E-state index is 12.7. The molecule has 8 heteroatoms. The first-order valence-corrected chi connectivity index (χ1v) is 9.19. The molecule has 1 amide bonds. The van der Waals surface area contributed by atoms with E-state index in [1.807, 2.05) is 11.8 Å². The molecule has 0 N–H and O–H groups in total. The second kappa shape index (κ2) is 8.50. The van der Waals surface area contributed by atoms with E-state index < -0.39 is 11.7 Å². The first kappa shape index (κ1) is 20.0. The average Bonchev–Trinajstić information content (AvgIpc) is 2.94. The van der Waals surface area contributed by atoms with Crippen molar-refractivity contribution in [2.45, 2.75) is 19.5 Å². The van der Waals surface area contributed by atoms with Gasteiger partial charge in [-0.2, -0.15) is 13.2 Å². The Labute approximate surface area is 161 Å². The molecule has 3 rings (SSSR count). The summed E-state index contributed by atoms with van der Waals surface area (Å²) in [5.41, 5.74) is -0.178. The highest BCUT2D eigenvalue weighted by Gasteiger charge is 2.31. The lowest BCUT2D eigenvalue weighted by Crippen LogP contribution is -2.35. The van der Waals surface area contributed by atoms with Crippen LogP contribution in [0.5, 0.6) is 5.75 Å². The van der Waals surface area contributed by atoms with Gasteiger partial charge >= 0.3 is 6.18 Å². The van der Waals surface area contributed by atoms with Gasteiger partial charge in [-0.3, -0.25) is 4.79 Å². The molecule has 0 unspecified atom stereocenters. The van der Waals surface area contributed by atoms with Crippen molar-refractivity contribution in [3.8, 4) is 5.75 Å². The first-order valence-electron chi connectivity index (χ1n) is 9.19. The maximum atomic E-state index is 12.7. The average molecular weight is 393 g/mol. The molecule has 0 saturated carbocycles. The van der Waals surface area contributed by atoms with Gasteiger partial charge in [0.05, 0.1) is 12.2 Å². The fourth-order valence-corrected chi connectivity index (χ4v) is 3.13. The van der Waals surface area contributed by atoms with Crippen LogP contribution in [-0.2, 0) is 6.18 Å². The third-order valence-electron chi connectivity index (χ3n) is 4.59. The summed E-state index contributed by atoms with van der Waals surface area (Å²) in [6, 6.07) is 9.45. The predicted octanol–water partition coefficient (Wildman–Crippen LogP) is 3.85. The van der Waals surface area contributed by atoms with Crippen molar-refractivity contribution in [3.63, 3.8) is 0 Å². The summed E-state index contributed by atoms with van der Waals surface area (Å²) >= 11 is 0. The topological polar surface area (TPSA) is 45.7 Å². The Morgan fingerprint density at radius 1 is 1.07 bits per heavy atom. The van der Waals surface area contributed by atoms with Crippen LogP contribution >= 0.6 is 0 Å². The van der Waals surface area contributed by atoms with Crippen molar-refractivity contribution in [3.05, 3.63) is 53.7 Å². The van der Waals surface area contributed by atoms with Crippen molar-refractivity contribution in [2.24, 2.45) is 0 Å². The zero-order valence-electron chi connectivity index (χ0n) is 15.6. The molecular weight excluding hydrogens is 371 g/mol. The van der Waals surface area contributed by atoms with Crippen LogP contribution in [0, 0.1) is 0 Å². The molecule has 1 fully saturated rings. The van der Waals surface area contributed by atoms with Crippen molar-refractivity contribution >= 4 is 11.7 Å². The number of hydrogen-bond acceptors (Lipinski definition) is 4. The lowest BCUT2D eigenvalue weighted by atomic mass is 10.2. The first-order chi connectivity index (χ1) is 13.4. The Morgan fingerprint density at radius 3 is 2.43 bits per heavy atom. The second-order valence-electron chi connectivity index (χ2n) is 6.49. The van der Waals surface area contributed by atoms with Crippen LogP contribution in [0.25, 0.3) is 0 Å². The smallest absolute Gasteiger partial charge is 0.417 e. The number of hydrogen-bond donors (Lipinski definition) is 0. The van der Waals surface area contributed by atoms with Crippen LogP contribution < -0.4 is 9.64 Å². The Hall–Kier alpha value is -2.77. The molecule has 5 nitrogen and oxygen atoms in total. The number of carbonyl (C=O) groups excluding carboxylic acids is 1. The van der Waals surface area contributed by atoms with E-state index in [0.717, 1.165) is 18.0 Å². The van der Waals surface area contributed by atoms with Crippen molar-refractivity contribution in [2.75, 3.05) is 37.7 Å². The van der Waals surface area contributed by atoms with Gasteiger partial charge < -0.3 is 14.5 Å². The lowest BCUT2D eigenvalue weighted by molar-refractivity contribution is -0.137. The summed E-state index contributed by atoms with van der Waals surface area (Å²) in [4.78, 5) is 20.4. The number of benzene rings is 1. The number of aromatic nitrogens is 1. The number of pyridine rings is 1. The third-order valence-corrected chi connectivity index (χ3v) is 4.59. The Bertz CT molecular complexity index is 792. The molecule has 0 aliphatic carbocycles. The van der Waals surface area contributed by atoms with Gasteiger partial charge in [-0.25, -0.2) is 4.98 Å². The van der Waals surface area contributed by atoms with Crippen molar-refractivity contribution in [1.29, 1.82) is 0 Å². The van der Waals surface area contributed by atoms with E-state index >= 15 is 0 Å². The lowest BCUT2D eigenvalue weighted by Gasteiger charge is -2.23. The monoisotopic (exact) mass is 393 g/mol. The van der Waals surface area contributed by atoms with Gasteiger partial charge in [0.25, 0.3) is 5.91 Å². The molecule has 150 valence electrons. The van der Waals surface area contributed by atoms with Gasteiger partial charge in [-0.15, -0.1) is 0 Å². The minimum absolute atomic E-state index is 0.0646. The Morgan fingerprint density at radius 2 is 1.82 bits per heavy atom. The molecule has 1 aromatic heterocycles. The van der Waals surface area contributed by atoms with Crippen LogP contribution in [0.15, 0.2) is 42.6 Å². The molecule has 0 bridgehead atoms. The van der Waals surface area contributed by atoms with E-state index in [9.17, 15) is 18.0 Å². The van der Waals surface area contributed by atoms with Crippen LogP contribution in [0.1, 0.15) is 29.3 Å². The zero-order valence-corrected chi connectivity index (χ0v) is 15.6. The highest BCUT2D eigenvalue weighted by Crippen LogP contribution is 2.29. The quantitative estimate of drug-likeness (QED) is 0.792. The largest absolute Gasteiger partial charge is 0.494 e. The summed E-state index contributed by atoms with van der Waals surface area (Å²) in [5, 5.41) is 0. The summed E-state index contributed by atoms with van der Waals surface area (Å²) in [5.74, 6) is 1.14. The van der Waals surface area contributed by atoms with E-state index in [0.29, 0.717) is 50.6 Å². The maximum Gasteiger partial charge on any atom is 0.417 e. The Balaban J connectivity index is 1.63. The molecule has 1 aliphatic rings. The molecule has 0 atom stereocenters. The number of ether oxygens (including phenoxy) is 1. The molecule has 0 radical (unpaired) electrons. The molecule has 1 aromatic carbocycles. The van der Waals surface area contributed by atoms with E-state index in [1.54, 1.807) is 29.2 Å². The van der Waals surface area contributed by atoms with Gasteiger partial charge in [0.2, 0.25) is 0 Å². The zero-order chi connectivity index (χ0) is 20.1. The van der Waals surface area contributed by atoms with E-state index in [2.05, 4.69) is 4.98 Å². The fourth-order valence-electron chi connectivity index (χ4n) is 3.13. The predicted molar refractivity (Wildman–Crippen MR) is 99.6 cm³/mol. The Kier molecular flexibility index (Phi) is 6.06. The summed E-state index contributed by atoms with van der Waals surface area (Å²) in [7, 11) is 0. The molecule has 1 saturated heterocycles. The molecule has 2 aromatic rings. The van der Waals surface area contributed by atoms with Gasteiger partial charge in [-0.1, -0.05) is 0 Å². The molecule has 28 heavy (non-hydrogen) atoms. The van der Waals surface area contributed by atoms with Crippen LogP contribution in [0.3, 0.4) is 0 Å².